The monoisotopic (exact) mass is 294 g/mol. The van der Waals surface area contributed by atoms with E-state index in [1.165, 1.54) is 5.56 Å². The summed E-state index contributed by atoms with van der Waals surface area (Å²) in [5.74, 6) is -0.0685. The van der Waals surface area contributed by atoms with Gasteiger partial charge in [0.15, 0.2) is 0 Å². The lowest BCUT2D eigenvalue weighted by Gasteiger charge is -2.07. The largest absolute Gasteiger partial charge is 0.378 e. The maximum absolute atomic E-state index is 11.9. The minimum Gasteiger partial charge on any atom is -0.378 e. The van der Waals surface area contributed by atoms with Gasteiger partial charge in [-0.05, 0) is 24.1 Å². The van der Waals surface area contributed by atoms with Crippen LogP contribution in [0.15, 0.2) is 24.3 Å². The van der Waals surface area contributed by atoms with Crippen LogP contribution >= 0.6 is 0 Å². The van der Waals surface area contributed by atoms with Crippen LogP contribution < -0.4 is 11.1 Å². The Labute approximate surface area is 126 Å². The minimum absolute atomic E-state index is 0.0685. The number of benzene rings is 1. The Hall–Kier alpha value is -1.43. The number of hydrogen-bond donors (Lipinski definition) is 2. The molecule has 5 nitrogen and oxygen atoms in total. The highest BCUT2D eigenvalue weighted by molar-refractivity contribution is 5.94. The van der Waals surface area contributed by atoms with Gasteiger partial charge in [0.25, 0.3) is 5.91 Å². The lowest BCUT2D eigenvalue weighted by Crippen LogP contribution is -2.27. The number of carbonyl (C=O) groups is 1. The number of amides is 1. The highest BCUT2D eigenvalue weighted by Gasteiger charge is 2.04. The molecule has 0 aliphatic carbocycles. The Bertz CT molecular complexity index is 393. The quantitative estimate of drug-likeness (QED) is 0.604. The second kappa shape index (κ2) is 11.3. The highest BCUT2D eigenvalue weighted by Crippen LogP contribution is 2.06. The molecule has 21 heavy (non-hydrogen) atoms. The Morgan fingerprint density at radius 3 is 2.38 bits per heavy atom. The van der Waals surface area contributed by atoms with Crippen molar-refractivity contribution in [1.29, 1.82) is 0 Å². The number of nitrogens with two attached hydrogens (primary N) is 1. The molecule has 0 heterocycles. The maximum atomic E-state index is 11.9. The fourth-order valence-corrected chi connectivity index (χ4v) is 1.86. The smallest absolute Gasteiger partial charge is 0.251 e. The molecule has 0 aliphatic heterocycles. The standard InChI is InChI=1S/C16H26N2O3/c1-2-3-14-4-6-15(7-5-14)16(19)18-9-11-21-13-12-20-10-8-17/h4-7H,2-3,8-13,17H2,1H3,(H,18,19). The van der Waals surface area contributed by atoms with Crippen molar-refractivity contribution >= 4 is 5.91 Å². The molecule has 0 bridgehead atoms. The van der Waals surface area contributed by atoms with Crippen molar-refractivity contribution in [2.45, 2.75) is 19.8 Å². The first-order valence-electron chi connectivity index (χ1n) is 7.50. The molecule has 0 saturated heterocycles. The van der Waals surface area contributed by atoms with Crippen molar-refractivity contribution in [3.05, 3.63) is 35.4 Å². The van der Waals surface area contributed by atoms with Gasteiger partial charge < -0.3 is 20.5 Å². The first-order chi connectivity index (χ1) is 10.3. The molecule has 0 aliphatic rings. The van der Waals surface area contributed by atoms with Gasteiger partial charge in [-0.15, -0.1) is 0 Å². The van der Waals surface area contributed by atoms with Crippen LogP contribution in [-0.2, 0) is 15.9 Å². The molecule has 0 aromatic heterocycles. The highest BCUT2D eigenvalue weighted by atomic mass is 16.5. The van der Waals surface area contributed by atoms with Crippen LogP contribution in [0.3, 0.4) is 0 Å². The average Bonchev–Trinajstić information content (AvgIpc) is 2.51. The molecule has 0 radical (unpaired) electrons. The van der Waals surface area contributed by atoms with Crippen LogP contribution in [-0.4, -0.2) is 45.4 Å². The molecular formula is C16H26N2O3. The summed E-state index contributed by atoms with van der Waals surface area (Å²) in [5.41, 5.74) is 7.23. The molecule has 1 aromatic rings. The number of hydrogen-bond acceptors (Lipinski definition) is 4. The summed E-state index contributed by atoms with van der Waals surface area (Å²) < 4.78 is 10.5. The zero-order valence-electron chi connectivity index (χ0n) is 12.8. The first-order valence-corrected chi connectivity index (χ1v) is 7.50. The first kappa shape index (κ1) is 17.6. The summed E-state index contributed by atoms with van der Waals surface area (Å²) in [7, 11) is 0. The van der Waals surface area contributed by atoms with Crippen molar-refractivity contribution < 1.29 is 14.3 Å². The van der Waals surface area contributed by atoms with Gasteiger partial charge in [-0.1, -0.05) is 25.5 Å². The third-order valence-corrected chi connectivity index (χ3v) is 2.92. The van der Waals surface area contributed by atoms with Crippen LogP contribution in [0.1, 0.15) is 29.3 Å². The van der Waals surface area contributed by atoms with Crippen LogP contribution in [0, 0.1) is 0 Å². The fourth-order valence-electron chi connectivity index (χ4n) is 1.86. The summed E-state index contributed by atoms with van der Waals surface area (Å²) >= 11 is 0. The molecule has 118 valence electrons. The van der Waals surface area contributed by atoms with Crippen LogP contribution in [0.5, 0.6) is 0 Å². The summed E-state index contributed by atoms with van der Waals surface area (Å²) in [6.07, 6.45) is 2.15. The molecule has 0 spiro atoms. The Morgan fingerprint density at radius 2 is 1.76 bits per heavy atom. The van der Waals surface area contributed by atoms with E-state index in [4.69, 9.17) is 15.2 Å². The number of ether oxygens (including phenoxy) is 2. The molecular weight excluding hydrogens is 268 g/mol. The number of carbonyl (C=O) groups excluding carboxylic acids is 1. The van der Waals surface area contributed by atoms with Gasteiger partial charge in [0, 0.05) is 18.7 Å². The van der Waals surface area contributed by atoms with Crippen molar-refractivity contribution in [3.8, 4) is 0 Å². The molecule has 0 saturated carbocycles. The van der Waals surface area contributed by atoms with Crippen molar-refractivity contribution in [2.24, 2.45) is 5.73 Å². The predicted molar refractivity (Wildman–Crippen MR) is 83.5 cm³/mol. The lowest BCUT2D eigenvalue weighted by molar-refractivity contribution is 0.0511. The normalized spacial score (nSPS) is 10.6. The van der Waals surface area contributed by atoms with Crippen molar-refractivity contribution in [3.63, 3.8) is 0 Å². The van der Waals surface area contributed by atoms with Gasteiger partial charge in [0.05, 0.1) is 26.4 Å². The zero-order chi connectivity index (χ0) is 15.3. The zero-order valence-corrected chi connectivity index (χ0v) is 12.8. The van der Waals surface area contributed by atoms with Crippen molar-refractivity contribution in [1.82, 2.24) is 5.32 Å². The van der Waals surface area contributed by atoms with Crippen LogP contribution in [0.25, 0.3) is 0 Å². The van der Waals surface area contributed by atoms with E-state index in [0.717, 1.165) is 12.8 Å². The number of nitrogens with one attached hydrogen (secondary N) is 1. The molecule has 1 aromatic carbocycles. The third kappa shape index (κ3) is 7.80. The van der Waals surface area contributed by atoms with E-state index in [-0.39, 0.29) is 5.91 Å². The summed E-state index contributed by atoms with van der Waals surface area (Å²) in [6.45, 7) is 5.23. The predicted octanol–water partition coefficient (Wildman–Crippen LogP) is 1.36. The molecule has 1 amide bonds. The summed E-state index contributed by atoms with van der Waals surface area (Å²) in [5, 5.41) is 2.83. The third-order valence-electron chi connectivity index (χ3n) is 2.92. The van der Waals surface area contributed by atoms with E-state index in [1.54, 1.807) is 0 Å². The Morgan fingerprint density at radius 1 is 1.10 bits per heavy atom. The molecule has 5 heteroatoms. The topological polar surface area (TPSA) is 73.6 Å². The molecule has 0 unspecified atom stereocenters. The average molecular weight is 294 g/mol. The van der Waals surface area contributed by atoms with Gasteiger partial charge in [-0.3, -0.25) is 4.79 Å². The van der Waals surface area contributed by atoms with Gasteiger partial charge in [0.1, 0.15) is 0 Å². The van der Waals surface area contributed by atoms with Gasteiger partial charge in [-0.2, -0.15) is 0 Å². The molecule has 1 rings (SSSR count). The number of rotatable bonds is 11. The summed E-state index contributed by atoms with van der Waals surface area (Å²) in [6, 6.07) is 7.73. The van der Waals surface area contributed by atoms with E-state index in [2.05, 4.69) is 12.2 Å². The SMILES string of the molecule is CCCc1ccc(C(=O)NCCOCCOCCN)cc1. The second-order valence-corrected chi connectivity index (χ2v) is 4.72. The van der Waals surface area contributed by atoms with E-state index < -0.39 is 0 Å². The minimum atomic E-state index is -0.0685. The maximum Gasteiger partial charge on any atom is 0.251 e. The van der Waals surface area contributed by atoms with Gasteiger partial charge in [-0.25, -0.2) is 0 Å². The number of aryl methyl sites for hydroxylation is 1. The Kier molecular flexibility index (Phi) is 9.44. The van der Waals surface area contributed by atoms with E-state index in [9.17, 15) is 4.79 Å². The second-order valence-electron chi connectivity index (χ2n) is 4.72. The van der Waals surface area contributed by atoms with E-state index >= 15 is 0 Å². The van der Waals surface area contributed by atoms with Crippen LogP contribution in [0.4, 0.5) is 0 Å². The van der Waals surface area contributed by atoms with E-state index in [0.29, 0.717) is 45.1 Å². The van der Waals surface area contributed by atoms with Gasteiger partial charge in [0.2, 0.25) is 0 Å². The summed E-state index contributed by atoms with van der Waals surface area (Å²) in [4.78, 5) is 11.9. The molecule has 0 fully saturated rings. The van der Waals surface area contributed by atoms with Gasteiger partial charge >= 0.3 is 0 Å². The fraction of sp³-hybridized carbons (Fsp3) is 0.562. The molecule has 0 atom stereocenters. The molecule has 3 N–H and O–H groups in total. The lowest BCUT2D eigenvalue weighted by atomic mass is 10.1. The van der Waals surface area contributed by atoms with E-state index in [1.807, 2.05) is 24.3 Å². The van der Waals surface area contributed by atoms with Crippen molar-refractivity contribution in [2.75, 3.05) is 39.5 Å². The Balaban J connectivity index is 2.13. The van der Waals surface area contributed by atoms with Crippen LogP contribution in [0.2, 0.25) is 0 Å².